The number of carbonyl (C=O) groups is 2. The van der Waals surface area contributed by atoms with Crippen LogP contribution in [0.2, 0.25) is 5.02 Å². The Morgan fingerprint density at radius 1 is 0.969 bits per heavy atom. The monoisotopic (exact) mass is 467 g/mol. The molecule has 1 unspecified atom stereocenters. The Kier molecular flexibility index (Phi) is 7.94. The van der Waals surface area contributed by atoms with Crippen molar-refractivity contribution >= 4 is 46.7 Å². The van der Waals surface area contributed by atoms with Crippen LogP contribution in [0.1, 0.15) is 38.0 Å². The first kappa shape index (κ1) is 23.8. The number of aromatic nitrogens is 1. The van der Waals surface area contributed by atoms with Crippen LogP contribution in [0, 0.1) is 5.41 Å². The summed E-state index contributed by atoms with van der Waals surface area (Å²) in [5, 5.41) is 5.81. The molecule has 2 N–H and O–H groups in total. The predicted molar refractivity (Wildman–Crippen MR) is 132 cm³/mol. The highest BCUT2D eigenvalue weighted by Gasteiger charge is 2.23. The van der Waals surface area contributed by atoms with Crippen LogP contribution in [0.15, 0.2) is 77.8 Å². The summed E-state index contributed by atoms with van der Waals surface area (Å²) in [6, 6.07) is 20.4. The summed E-state index contributed by atoms with van der Waals surface area (Å²) < 4.78 is 0. The summed E-state index contributed by atoms with van der Waals surface area (Å²) in [6.07, 6.45) is 1.94. The maximum absolute atomic E-state index is 13.1. The molecule has 0 saturated carbocycles. The second-order valence-corrected chi connectivity index (χ2v) is 10.2. The summed E-state index contributed by atoms with van der Waals surface area (Å²) in [5.41, 5.74) is 1.54. The lowest BCUT2D eigenvalue weighted by molar-refractivity contribution is -0.118. The van der Waals surface area contributed by atoms with Gasteiger partial charge in [-0.2, -0.15) is 0 Å². The van der Waals surface area contributed by atoms with Crippen molar-refractivity contribution < 1.29 is 9.59 Å². The van der Waals surface area contributed by atoms with Gasteiger partial charge in [-0.1, -0.05) is 62.7 Å². The average molecular weight is 468 g/mol. The van der Waals surface area contributed by atoms with Crippen LogP contribution in [0.3, 0.4) is 0 Å². The van der Waals surface area contributed by atoms with Gasteiger partial charge in [0.25, 0.3) is 0 Å². The molecule has 1 atom stereocenters. The number of benzene rings is 2. The van der Waals surface area contributed by atoms with E-state index in [0.717, 1.165) is 16.1 Å². The predicted octanol–water partition coefficient (Wildman–Crippen LogP) is 6.58. The number of amides is 2. The molecule has 2 aromatic carbocycles. The minimum Gasteiger partial charge on any atom is -0.326 e. The number of pyridine rings is 1. The van der Waals surface area contributed by atoms with Gasteiger partial charge in [-0.3, -0.25) is 9.59 Å². The number of thioether (sulfide) groups is 1. The Morgan fingerprint density at radius 3 is 2.25 bits per heavy atom. The number of halogens is 1. The third-order valence-corrected chi connectivity index (χ3v) is 5.89. The molecule has 2 amide bonds. The van der Waals surface area contributed by atoms with Crippen LogP contribution in [0.5, 0.6) is 0 Å². The number of hydrogen-bond donors (Lipinski definition) is 2. The standard InChI is InChI=1S/C25H26ClN3O2S/c1-25(2,3)15-22(30)28-19-10-12-20(13-11-19)32-23(17-7-5-4-6-8-17)24(31)29-21-14-9-18(26)16-27-21/h4-14,16,23H,15H2,1-3H3,(H,28,30)(H,27,29,31). The normalized spacial score (nSPS) is 12.1. The van der Waals surface area contributed by atoms with Gasteiger partial charge >= 0.3 is 0 Å². The van der Waals surface area contributed by atoms with Crippen molar-refractivity contribution in [3.05, 3.63) is 83.5 Å². The minimum atomic E-state index is -0.477. The lowest BCUT2D eigenvalue weighted by Crippen LogP contribution is -2.20. The molecular formula is C25H26ClN3O2S. The van der Waals surface area contributed by atoms with Gasteiger partial charge in [0.05, 0.1) is 5.02 Å². The summed E-state index contributed by atoms with van der Waals surface area (Å²) in [7, 11) is 0. The first-order valence-electron chi connectivity index (χ1n) is 10.2. The third-order valence-electron chi connectivity index (χ3n) is 4.40. The van der Waals surface area contributed by atoms with Gasteiger partial charge in [-0.25, -0.2) is 4.98 Å². The van der Waals surface area contributed by atoms with Gasteiger partial charge in [-0.15, -0.1) is 11.8 Å². The topological polar surface area (TPSA) is 71.1 Å². The summed E-state index contributed by atoms with van der Waals surface area (Å²) in [6.45, 7) is 6.09. The van der Waals surface area contributed by atoms with Crippen molar-refractivity contribution in [2.45, 2.75) is 37.3 Å². The van der Waals surface area contributed by atoms with E-state index in [1.807, 2.05) is 75.4 Å². The van der Waals surface area contributed by atoms with E-state index in [-0.39, 0.29) is 17.2 Å². The van der Waals surface area contributed by atoms with Gasteiger partial charge in [0.1, 0.15) is 11.1 Å². The SMILES string of the molecule is CC(C)(C)CC(=O)Nc1ccc(SC(C(=O)Nc2ccc(Cl)cn2)c2ccccc2)cc1. The molecule has 3 rings (SSSR count). The minimum absolute atomic E-state index is 0.0186. The zero-order valence-electron chi connectivity index (χ0n) is 18.3. The molecule has 0 aliphatic heterocycles. The molecule has 3 aromatic rings. The Labute approximate surface area is 198 Å². The Morgan fingerprint density at radius 2 is 1.66 bits per heavy atom. The van der Waals surface area contributed by atoms with E-state index in [4.69, 9.17) is 11.6 Å². The van der Waals surface area contributed by atoms with E-state index in [9.17, 15) is 9.59 Å². The number of rotatable bonds is 7. The van der Waals surface area contributed by atoms with Crippen LogP contribution >= 0.6 is 23.4 Å². The molecule has 1 heterocycles. The van der Waals surface area contributed by atoms with E-state index in [1.54, 1.807) is 12.1 Å². The second kappa shape index (κ2) is 10.7. The highest BCUT2D eigenvalue weighted by molar-refractivity contribution is 8.00. The summed E-state index contributed by atoms with van der Waals surface area (Å²) >= 11 is 7.32. The number of nitrogens with zero attached hydrogens (tertiary/aromatic N) is 1. The molecule has 5 nitrogen and oxygen atoms in total. The zero-order valence-corrected chi connectivity index (χ0v) is 19.8. The fraction of sp³-hybridized carbons (Fsp3) is 0.240. The molecule has 7 heteroatoms. The van der Waals surface area contributed by atoms with Crippen LogP contribution in [-0.2, 0) is 9.59 Å². The average Bonchev–Trinajstić information content (AvgIpc) is 2.74. The maximum Gasteiger partial charge on any atom is 0.243 e. The first-order chi connectivity index (χ1) is 15.2. The molecule has 0 aliphatic rings. The number of hydrogen-bond acceptors (Lipinski definition) is 4. The zero-order chi connectivity index (χ0) is 23.1. The molecule has 32 heavy (non-hydrogen) atoms. The molecular weight excluding hydrogens is 442 g/mol. The van der Waals surface area contributed by atoms with Crippen molar-refractivity contribution in [2.24, 2.45) is 5.41 Å². The molecule has 0 bridgehead atoms. The lowest BCUT2D eigenvalue weighted by Gasteiger charge is -2.18. The molecule has 0 spiro atoms. The fourth-order valence-electron chi connectivity index (χ4n) is 2.98. The van der Waals surface area contributed by atoms with E-state index in [2.05, 4.69) is 15.6 Å². The van der Waals surface area contributed by atoms with Gasteiger partial charge in [0, 0.05) is 23.2 Å². The Bertz CT molecular complexity index is 1050. The number of nitrogens with one attached hydrogen (secondary N) is 2. The summed E-state index contributed by atoms with van der Waals surface area (Å²) in [5.74, 6) is 0.242. The number of anilines is 2. The fourth-order valence-corrected chi connectivity index (χ4v) is 4.12. The van der Waals surface area contributed by atoms with Crippen molar-refractivity contribution in [3.63, 3.8) is 0 Å². The van der Waals surface area contributed by atoms with Crippen molar-refractivity contribution in [3.8, 4) is 0 Å². The molecule has 0 fully saturated rings. The van der Waals surface area contributed by atoms with Crippen LogP contribution in [-0.4, -0.2) is 16.8 Å². The van der Waals surface area contributed by atoms with E-state index < -0.39 is 5.25 Å². The maximum atomic E-state index is 13.1. The first-order valence-corrected chi connectivity index (χ1v) is 11.5. The molecule has 0 radical (unpaired) electrons. The lowest BCUT2D eigenvalue weighted by atomic mass is 9.92. The van der Waals surface area contributed by atoms with Gasteiger partial charge in [0.15, 0.2) is 0 Å². The molecule has 166 valence electrons. The quantitative estimate of drug-likeness (QED) is 0.385. The van der Waals surface area contributed by atoms with Gasteiger partial charge in [0.2, 0.25) is 11.8 Å². The number of carbonyl (C=O) groups excluding carboxylic acids is 2. The van der Waals surface area contributed by atoms with Crippen molar-refractivity contribution in [2.75, 3.05) is 10.6 Å². The highest BCUT2D eigenvalue weighted by Crippen LogP contribution is 2.36. The van der Waals surface area contributed by atoms with Crippen molar-refractivity contribution in [1.29, 1.82) is 0 Å². The van der Waals surface area contributed by atoms with Gasteiger partial charge in [-0.05, 0) is 47.4 Å². The van der Waals surface area contributed by atoms with Crippen LogP contribution < -0.4 is 10.6 Å². The molecule has 0 saturated heterocycles. The van der Waals surface area contributed by atoms with E-state index >= 15 is 0 Å². The third kappa shape index (κ3) is 7.39. The molecule has 0 aliphatic carbocycles. The van der Waals surface area contributed by atoms with Crippen LogP contribution in [0.4, 0.5) is 11.5 Å². The highest BCUT2D eigenvalue weighted by atomic mass is 35.5. The largest absolute Gasteiger partial charge is 0.326 e. The van der Waals surface area contributed by atoms with Crippen molar-refractivity contribution in [1.82, 2.24) is 4.98 Å². The van der Waals surface area contributed by atoms with Crippen LogP contribution in [0.25, 0.3) is 0 Å². The summed E-state index contributed by atoms with van der Waals surface area (Å²) in [4.78, 5) is 30.3. The Balaban J connectivity index is 1.73. The second-order valence-electron chi connectivity index (χ2n) is 8.57. The van der Waals surface area contributed by atoms with E-state index in [1.165, 1.54) is 18.0 Å². The van der Waals surface area contributed by atoms with Gasteiger partial charge < -0.3 is 10.6 Å². The van der Waals surface area contributed by atoms with E-state index in [0.29, 0.717) is 17.3 Å². The Hall–Kier alpha value is -2.83. The molecule has 1 aromatic heterocycles. The smallest absolute Gasteiger partial charge is 0.243 e.